The molecule has 34 heavy (non-hydrogen) atoms. The summed E-state index contributed by atoms with van der Waals surface area (Å²) in [5.41, 5.74) is 3.65. The van der Waals surface area contributed by atoms with Crippen molar-refractivity contribution < 1.29 is 9.53 Å². The van der Waals surface area contributed by atoms with E-state index in [-0.39, 0.29) is 11.8 Å². The van der Waals surface area contributed by atoms with Gasteiger partial charge in [0.1, 0.15) is 5.75 Å². The minimum absolute atomic E-state index is 0.0396. The van der Waals surface area contributed by atoms with Crippen LogP contribution in [0.3, 0.4) is 0 Å². The lowest BCUT2D eigenvalue weighted by molar-refractivity contribution is -0.121. The summed E-state index contributed by atoms with van der Waals surface area (Å²) < 4.78 is 5.55. The first kappa shape index (κ1) is 23.3. The SMILES string of the molecule is C=C(C#N)CNc1c(OC)ccc2ccc(-c3cc(NC(=O)C4CCN(C)CC4)ccn3)cc12. The number of pyridine rings is 1. The molecule has 1 amide bonds. The van der Waals surface area contributed by atoms with E-state index in [0.29, 0.717) is 17.9 Å². The zero-order valence-electron chi connectivity index (χ0n) is 19.6. The highest BCUT2D eigenvalue weighted by Crippen LogP contribution is 2.36. The maximum atomic E-state index is 12.8. The number of nitrogens with one attached hydrogen (secondary N) is 2. The van der Waals surface area contributed by atoms with Crippen LogP contribution in [0, 0.1) is 17.2 Å². The quantitative estimate of drug-likeness (QED) is 0.503. The molecule has 174 valence electrons. The molecule has 0 bridgehead atoms. The van der Waals surface area contributed by atoms with E-state index in [1.54, 1.807) is 13.3 Å². The maximum Gasteiger partial charge on any atom is 0.227 e. The lowest BCUT2D eigenvalue weighted by Gasteiger charge is -2.28. The molecule has 0 radical (unpaired) electrons. The number of nitrogens with zero attached hydrogens (tertiary/aromatic N) is 3. The molecule has 4 rings (SSSR count). The normalized spacial score (nSPS) is 14.4. The fraction of sp³-hybridized carbons (Fsp3) is 0.296. The van der Waals surface area contributed by atoms with Crippen LogP contribution < -0.4 is 15.4 Å². The van der Waals surface area contributed by atoms with Crippen LogP contribution >= 0.6 is 0 Å². The molecular weight excluding hydrogens is 426 g/mol. The van der Waals surface area contributed by atoms with E-state index in [4.69, 9.17) is 10.00 Å². The number of benzene rings is 2. The molecule has 2 N–H and O–H groups in total. The molecule has 1 aliphatic rings. The number of amides is 1. The van der Waals surface area contributed by atoms with E-state index in [1.807, 2.05) is 42.5 Å². The average molecular weight is 456 g/mol. The van der Waals surface area contributed by atoms with Gasteiger partial charge in [-0.3, -0.25) is 9.78 Å². The summed E-state index contributed by atoms with van der Waals surface area (Å²) in [5.74, 6) is 0.790. The molecule has 2 aromatic carbocycles. The van der Waals surface area contributed by atoms with Crippen LogP contribution in [0.2, 0.25) is 0 Å². The number of likely N-dealkylation sites (tertiary alicyclic amines) is 1. The van der Waals surface area contributed by atoms with E-state index < -0.39 is 0 Å². The van der Waals surface area contributed by atoms with Gasteiger partial charge >= 0.3 is 0 Å². The summed E-state index contributed by atoms with van der Waals surface area (Å²) in [7, 11) is 3.70. The summed E-state index contributed by atoms with van der Waals surface area (Å²) in [6.07, 6.45) is 3.47. The van der Waals surface area contributed by atoms with Gasteiger partial charge in [0, 0.05) is 40.9 Å². The molecule has 0 spiro atoms. The van der Waals surface area contributed by atoms with Crippen LogP contribution in [-0.2, 0) is 4.79 Å². The number of carbonyl (C=O) groups is 1. The van der Waals surface area contributed by atoms with Crippen molar-refractivity contribution in [3.8, 4) is 23.1 Å². The molecule has 7 heteroatoms. The second-order valence-electron chi connectivity index (χ2n) is 8.64. The average Bonchev–Trinajstić information content (AvgIpc) is 2.87. The number of nitriles is 1. The standard InChI is InChI=1S/C27H29N5O2/c1-18(16-28)17-30-26-23-14-21(5-4-19(23)6-7-25(26)34-3)24-15-22(8-11-29-24)31-27(33)20-9-12-32(2)13-10-20/h4-8,11,14-15,20,30H,1,9-10,12-13,17H2,2-3H3,(H,29,31,33). The van der Waals surface area contributed by atoms with Gasteiger partial charge < -0.3 is 20.3 Å². The third-order valence-electron chi connectivity index (χ3n) is 6.25. The zero-order chi connectivity index (χ0) is 24.1. The molecule has 1 saturated heterocycles. The Labute approximate surface area is 200 Å². The van der Waals surface area contributed by atoms with Gasteiger partial charge in [-0.05, 0) is 62.6 Å². The van der Waals surface area contributed by atoms with E-state index in [2.05, 4.69) is 40.2 Å². The minimum Gasteiger partial charge on any atom is -0.495 e. The zero-order valence-corrected chi connectivity index (χ0v) is 19.6. The summed E-state index contributed by atoms with van der Waals surface area (Å²) in [6, 6.07) is 15.8. The fourth-order valence-corrected chi connectivity index (χ4v) is 4.23. The first-order chi connectivity index (χ1) is 16.5. The third-order valence-corrected chi connectivity index (χ3v) is 6.25. The highest BCUT2D eigenvalue weighted by atomic mass is 16.5. The molecular formula is C27H29N5O2. The number of fused-ring (bicyclic) bond motifs is 1. The van der Waals surface area contributed by atoms with Gasteiger partial charge in [0.15, 0.2) is 0 Å². The van der Waals surface area contributed by atoms with Gasteiger partial charge in [-0.25, -0.2) is 0 Å². The van der Waals surface area contributed by atoms with E-state index in [0.717, 1.165) is 59.3 Å². The molecule has 0 saturated carbocycles. The Bertz CT molecular complexity index is 1260. The first-order valence-corrected chi connectivity index (χ1v) is 11.4. The Morgan fingerprint density at radius 1 is 1.24 bits per heavy atom. The van der Waals surface area contributed by atoms with Crippen molar-refractivity contribution in [2.24, 2.45) is 5.92 Å². The van der Waals surface area contributed by atoms with Crippen LogP contribution in [-0.4, -0.2) is 49.6 Å². The number of piperidine rings is 1. The van der Waals surface area contributed by atoms with Crippen LogP contribution in [0.25, 0.3) is 22.0 Å². The molecule has 0 atom stereocenters. The number of rotatable bonds is 7. The summed E-state index contributed by atoms with van der Waals surface area (Å²) in [5, 5.41) is 17.4. The molecule has 1 aliphatic heterocycles. The second-order valence-corrected chi connectivity index (χ2v) is 8.64. The van der Waals surface area contributed by atoms with Crippen molar-refractivity contribution in [3.05, 3.63) is 60.8 Å². The Morgan fingerprint density at radius 2 is 2.00 bits per heavy atom. The maximum absolute atomic E-state index is 12.8. The number of hydrogen-bond acceptors (Lipinski definition) is 6. The number of ether oxygens (including phenoxy) is 1. The molecule has 0 unspecified atom stereocenters. The lowest BCUT2D eigenvalue weighted by atomic mass is 9.96. The lowest BCUT2D eigenvalue weighted by Crippen LogP contribution is -2.35. The predicted octanol–water partition coefficient (Wildman–Crippen LogP) is 4.68. The Balaban J connectivity index is 1.61. The molecule has 0 aliphatic carbocycles. The number of methoxy groups -OCH3 is 1. The van der Waals surface area contributed by atoms with Crippen molar-refractivity contribution >= 4 is 28.1 Å². The predicted molar refractivity (Wildman–Crippen MR) is 136 cm³/mol. The van der Waals surface area contributed by atoms with Gasteiger partial charge in [-0.15, -0.1) is 0 Å². The van der Waals surface area contributed by atoms with Crippen molar-refractivity contribution in [1.82, 2.24) is 9.88 Å². The Kier molecular flexibility index (Phi) is 7.09. The number of anilines is 2. The van der Waals surface area contributed by atoms with Crippen LogP contribution in [0.4, 0.5) is 11.4 Å². The minimum atomic E-state index is 0.0396. The molecule has 1 fully saturated rings. The topological polar surface area (TPSA) is 90.3 Å². The van der Waals surface area contributed by atoms with Gasteiger partial charge in [-0.1, -0.05) is 24.8 Å². The van der Waals surface area contributed by atoms with Gasteiger partial charge in [0.05, 0.1) is 24.6 Å². The van der Waals surface area contributed by atoms with Gasteiger partial charge in [-0.2, -0.15) is 5.26 Å². The van der Waals surface area contributed by atoms with Crippen molar-refractivity contribution in [2.45, 2.75) is 12.8 Å². The van der Waals surface area contributed by atoms with Crippen molar-refractivity contribution in [3.63, 3.8) is 0 Å². The summed E-state index contributed by atoms with van der Waals surface area (Å²) in [6.45, 7) is 5.96. The van der Waals surface area contributed by atoms with Crippen molar-refractivity contribution in [1.29, 1.82) is 5.26 Å². The summed E-state index contributed by atoms with van der Waals surface area (Å²) >= 11 is 0. The highest BCUT2D eigenvalue weighted by molar-refractivity contribution is 5.99. The Morgan fingerprint density at radius 3 is 2.74 bits per heavy atom. The summed E-state index contributed by atoms with van der Waals surface area (Å²) in [4.78, 5) is 19.6. The molecule has 1 aromatic heterocycles. The number of aromatic nitrogens is 1. The highest BCUT2D eigenvalue weighted by Gasteiger charge is 2.23. The number of carbonyl (C=O) groups excluding carboxylic acids is 1. The van der Waals surface area contributed by atoms with Crippen LogP contribution in [0.1, 0.15) is 12.8 Å². The largest absolute Gasteiger partial charge is 0.495 e. The van der Waals surface area contributed by atoms with E-state index >= 15 is 0 Å². The molecule has 7 nitrogen and oxygen atoms in total. The smallest absolute Gasteiger partial charge is 0.227 e. The molecule has 3 aromatic rings. The second kappa shape index (κ2) is 10.4. The van der Waals surface area contributed by atoms with E-state index in [1.165, 1.54) is 0 Å². The molecule has 2 heterocycles. The fourth-order valence-electron chi connectivity index (χ4n) is 4.23. The third kappa shape index (κ3) is 5.19. The monoisotopic (exact) mass is 455 g/mol. The Hall–Kier alpha value is -3.89. The van der Waals surface area contributed by atoms with Crippen LogP contribution in [0.5, 0.6) is 5.75 Å². The van der Waals surface area contributed by atoms with Crippen LogP contribution in [0.15, 0.2) is 60.8 Å². The number of hydrogen-bond donors (Lipinski definition) is 2. The van der Waals surface area contributed by atoms with E-state index in [9.17, 15) is 4.79 Å². The van der Waals surface area contributed by atoms with Gasteiger partial charge in [0.25, 0.3) is 0 Å². The van der Waals surface area contributed by atoms with Crippen molar-refractivity contribution in [2.75, 3.05) is 44.4 Å². The van der Waals surface area contributed by atoms with Gasteiger partial charge in [0.2, 0.25) is 5.91 Å². The first-order valence-electron chi connectivity index (χ1n) is 11.4.